The van der Waals surface area contributed by atoms with Crippen LogP contribution in [0.4, 0.5) is 5.95 Å². The van der Waals surface area contributed by atoms with Crippen molar-refractivity contribution in [2.24, 2.45) is 0 Å². The molecule has 28 heavy (non-hydrogen) atoms. The molecule has 3 heterocycles. The monoisotopic (exact) mass is 372 g/mol. The molecule has 0 unspecified atom stereocenters. The Morgan fingerprint density at radius 1 is 1.00 bits per heavy atom. The minimum Gasteiger partial charge on any atom is -0.350 e. The molecule has 6 nitrogen and oxygen atoms in total. The van der Waals surface area contributed by atoms with Gasteiger partial charge in [0.2, 0.25) is 5.95 Å². The van der Waals surface area contributed by atoms with E-state index in [9.17, 15) is 0 Å². The zero-order valence-corrected chi connectivity index (χ0v) is 16.0. The predicted octanol–water partition coefficient (Wildman–Crippen LogP) is 3.89. The van der Waals surface area contributed by atoms with Gasteiger partial charge in [0.1, 0.15) is 0 Å². The number of anilines is 1. The van der Waals surface area contributed by atoms with Gasteiger partial charge in [-0.05, 0) is 62.6 Å². The molecule has 0 saturated heterocycles. The second-order valence-corrected chi connectivity index (χ2v) is 7.53. The predicted molar refractivity (Wildman–Crippen MR) is 112 cm³/mol. The van der Waals surface area contributed by atoms with Gasteiger partial charge < -0.3 is 10.6 Å². The van der Waals surface area contributed by atoms with Crippen molar-refractivity contribution in [3.63, 3.8) is 0 Å². The van der Waals surface area contributed by atoms with Gasteiger partial charge in [-0.15, -0.1) is 5.10 Å². The zero-order valence-electron chi connectivity index (χ0n) is 16.0. The second-order valence-electron chi connectivity index (χ2n) is 7.53. The van der Waals surface area contributed by atoms with Gasteiger partial charge in [-0.2, -0.15) is 0 Å². The number of benzene rings is 1. The molecule has 1 aliphatic rings. The van der Waals surface area contributed by atoms with Crippen molar-refractivity contribution in [1.82, 2.24) is 24.9 Å². The Morgan fingerprint density at radius 2 is 1.86 bits per heavy atom. The average molecular weight is 372 g/mol. The molecule has 0 spiro atoms. The number of pyridine rings is 1. The van der Waals surface area contributed by atoms with Crippen molar-refractivity contribution in [3.05, 3.63) is 55.0 Å². The molecule has 142 valence electrons. The van der Waals surface area contributed by atoms with Crippen molar-refractivity contribution in [1.29, 1.82) is 0 Å². The van der Waals surface area contributed by atoms with Crippen molar-refractivity contribution < 1.29 is 0 Å². The van der Waals surface area contributed by atoms with Gasteiger partial charge in [-0.25, -0.2) is 9.50 Å². The van der Waals surface area contributed by atoms with Crippen LogP contribution in [0.25, 0.3) is 27.5 Å². The fourth-order valence-electron chi connectivity index (χ4n) is 4.16. The highest BCUT2D eigenvalue weighted by molar-refractivity contribution is 5.88. The fraction of sp³-hybridized carbons (Fsp3) is 0.318. The first-order valence-electron chi connectivity index (χ1n) is 9.93. The van der Waals surface area contributed by atoms with Crippen LogP contribution in [0.3, 0.4) is 0 Å². The maximum atomic E-state index is 4.68. The molecule has 5 rings (SSSR count). The summed E-state index contributed by atoms with van der Waals surface area (Å²) >= 11 is 0. The Labute approximate surface area is 164 Å². The summed E-state index contributed by atoms with van der Waals surface area (Å²) < 4.78 is 1.91. The third kappa shape index (κ3) is 3.20. The van der Waals surface area contributed by atoms with Crippen LogP contribution in [0.1, 0.15) is 25.7 Å². The summed E-state index contributed by atoms with van der Waals surface area (Å²) in [6.07, 6.45) is 10.4. The van der Waals surface area contributed by atoms with Crippen LogP contribution in [-0.2, 0) is 0 Å². The number of hydrogen-bond acceptors (Lipinski definition) is 5. The molecule has 6 heteroatoms. The van der Waals surface area contributed by atoms with Gasteiger partial charge in [0.25, 0.3) is 0 Å². The van der Waals surface area contributed by atoms with E-state index in [4.69, 9.17) is 0 Å². The van der Waals surface area contributed by atoms with E-state index in [0.717, 1.165) is 40.4 Å². The van der Waals surface area contributed by atoms with E-state index in [2.05, 4.69) is 56.0 Å². The fourth-order valence-corrected chi connectivity index (χ4v) is 4.16. The van der Waals surface area contributed by atoms with Crippen molar-refractivity contribution >= 4 is 22.4 Å². The van der Waals surface area contributed by atoms with Crippen LogP contribution in [0.2, 0.25) is 0 Å². The standard InChI is InChI=1S/C22H24N6/c1-23-17-5-7-18(8-6-17)26-22-25-14-21-19(10-12-28(21)27-22)15-4-9-20-16(13-15)3-2-11-24-20/h2-4,9-14,17-18,23H,5-8H2,1H3,(H,26,27)/t17-,18+. The number of nitrogens with one attached hydrogen (secondary N) is 2. The summed E-state index contributed by atoms with van der Waals surface area (Å²) in [6.45, 7) is 0. The Kier molecular flexibility index (Phi) is 4.41. The molecule has 1 saturated carbocycles. The number of nitrogens with zero attached hydrogens (tertiary/aromatic N) is 4. The maximum absolute atomic E-state index is 4.68. The van der Waals surface area contributed by atoms with Crippen LogP contribution in [0.15, 0.2) is 55.0 Å². The highest BCUT2D eigenvalue weighted by atomic mass is 15.3. The Bertz CT molecular complexity index is 1110. The van der Waals surface area contributed by atoms with Gasteiger partial charge in [-0.3, -0.25) is 4.98 Å². The van der Waals surface area contributed by atoms with Gasteiger partial charge in [0.15, 0.2) is 0 Å². The molecule has 1 fully saturated rings. The molecule has 0 radical (unpaired) electrons. The van der Waals surface area contributed by atoms with Crippen LogP contribution >= 0.6 is 0 Å². The second kappa shape index (κ2) is 7.20. The molecule has 0 amide bonds. The van der Waals surface area contributed by atoms with Gasteiger partial charge in [-0.1, -0.05) is 12.1 Å². The van der Waals surface area contributed by atoms with Gasteiger partial charge in [0, 0.05) is 35.4 Å². The minimum absolute atomic E-state index is 0.449. The van der Waals surface area contributed by atoms with E-state index < -0.39 is 0 Å². The zero-order chi connectivity index (χ0) is 18.9. The Morgan fingerprint density at radius 3 is 2.71 bits per heavy atom. The molecular weight excluding hydrogens is 348 g/mol. The van der Waals surface area contributed by atoms with E-state index in [1.54, 1.807) is 0 Å². The number of aromatic nitrogens is 4. The molecule has 2 N–H and O–H groups in total. The minimum atomic E-state index is 0.449. The number of hydrogen-bond donors (Lipinski definition) is 2. The molecule has 3 aromatic heterocycles. The third-order valence-electron chi connectivity index (χ3n) is 5.80. The summed E-state index contributed by atoms with van der Waals surface area (Å²) in [5.41, 5.74) is 4.29. The highest BCUT2D eigenvalue weighted by Crippen LogP contribution is 2.28. The number of fused-ring (bicyclic) bond motifs is 2. The van der Waals surface area contributed by atoms with Crippen LogP contribution in [0.5, 0.6) is 0 Å². The van der Waals surface area contributed by atoms with Crippen LogP contribution in [-0.4, -0.2) is 38.7 Å². The molecule has 4 aromatic rings. The third-order valence-corrected chi connectivity index (χ3v) is 5.80. The van der Waals surface area contributed by atoms with Gasteiger partial charge >= 0.3 is 0 Å². The van der Waals surface area contributed by atoms with E-state index >= 15 is 0 Å². The lowest BCUT2D eigenvalue weighted by Gasteiger charge is -2.28. The van der Waals surface area contributed by atoms with Crippen molar-refractivity contribution in [2.45, 2.75) is 37.8 Å². The molecule has 0 atom stereocenters. The van der Waals surface area contributed by atoms with Gasteiger partial charge in [0.05, 0.1) is 17.2 Å². The molecule has 1 aliphatic carbocycles. The molecule has 0 aliphatic heterocycles. The SMILES string of the molecule is CN[C@H]1CC[C@@H](Nc2ncc3c(-c4ccc5ncccc5c4)ccn3n2)CC1. The maximum Gasteiger partial charge on any atom is 0.241 e. The van der Waals surface area contributed by atoms with E-state index in [0.29, 0.717) is 18.0 Å². The summed E-state index contributed by atoms with van der Waals surface area (Å²) in [7, 11) is 2.05. The summed E-state index contributed by atoms with van der Waals surface area (Å²) in [6, 6.07) is 13.6. The lowest BCUT2D eigenvalue weighted by molar-refractivity contribution is 0.370. The Hall–Kier alpha value is -2.99. The normalized spacial score (nSPS) is 19.9. The molecule has 0 bridgehead atoms. The quantitative estimate of drug-likeness (QED) is 0.569. The average Bonchev–Trinajstić information content (AvgIpc) is 3.17. The topological polar surface area (TPSA) is 67.1 Å². The van der Waals surface area contributed by atoms with Crippen molar-refractivity contribution in [3.8, 4) is 11.1 Å². The summed E-state index contributed by atoms with van der Waals surface area (Å²) in [4.78, 5) is 8.99. The van der Waals surface area contributed by atoms with E-state index in [1.165, 1.54) is 12.8 Å². The molecule has 1 aromatic carbocycles. The van der Waals surface area contributed by atoms with E-state index in [1.807, 2.05) is 36.2 Å². The summed E-state index contributed by atoms with van der Waals surface area (Å²) in [5, 5.41) is 12.7. The summed E-state index contributed by atoms with van der Waals surface area (Å²) in [5.74, 6) is 0.699. The first-order valence-corrected chi connectivity index (χ1v) is 9.93. The lowest BCUT2D eigenvalue weighted by Crippen LogP contribution is -2.35. The first kappa shape index (κ1) is 17.1. The van der Waals surface area contributed by atoms with Crippen molar-refractivity contribution in [2.75, 3.05) is 12.4 Å². The first-order chi connectivity index (χ1) is 13.8. The Balaban J connectivity index is 1.40. The van der Waals surface area contributed by atoms with E-state index in [-0.39, 0.29) is 0 Å². The van der Waals surface area contributed by atoms with Crippen LogP contribution in [0, 0.1) is 0 Å². The largest absolute Gasteiger partial charge is 0.350 e. The number of rotatable bonds is 4. The lowest BCUT2D eigenvalue weighted by atomic mass is 9.91. The van der Waals surface area contributed by atoms with Crippen LogP contribution < -0.4 is 10.6 Å². The highest BCUT2D eigenvalue weighted by Gasteiger charge is 2.20. The molecular formula is C22H24N6. The smallest absolute Gasteiger partial charge is 0.241 e.